The molecule has 2 N–H and O–H groups in total. The number of halogens is 3. The Kier molecular flexibility index (Phi) is 3.77. The minimum atomic E-state index is -4.32. The van der Waals surface area contributed by atoms with E-state index in [9.17, 15) is 13.2 Å². The number of nitrogens with zero attached hydrogens (tertiary/aromatic N) is 2. The number of ether oxygens (including phenoxy) is 1. The van der Waals surface area contributed by atoms with E-state index < -0.39 is 12.8 Å². The Bertz CT molecular complexity index is 577. The molecule has 2 rings (SSSR count). The summed E-state index contributed by atoms with van der Waals surface area (Å²) >= 11 is 0. The maximum atomic E-state index is 12.0. The summed E-state index contributed by atoms with van der Waals surface area (Å²) in [6.07, 6.45) is -4.32. The molecule has 0 aliphatic heterocycles. The zero-order valence-electron chi connectivity index (χ0n) is 10.4. The molecule has 1 aromatic carbocycles. The lowest BCUT2D eigenvalue weighted by Crippen LogP contribution is -2.17. The number of imidazole rings is 1. The molecule has 104 valence electrons. The highest BCUT2D eigenvalue weighted by atomic mass is 19.4. The summed E-state index contributed by atoms with van der Waals surface area (Å²) in [5.41, 5.74) is 7.99. The zero-order chi connectivity index (χ0) is 14.0. The van der Waals surface area contributed by atoms with Gasteiger partial charge in [0, 0.05) is 13.6 Å². The molecule has 0 unspecified atom stereocenters. The lowest BCUT2D eigenvalue weighted by atomic mass is 10.2. The van der Waals surface area contributed by atoms with Gasteiger partial charge < -0.3 is 15.0 Å². The molecule has 4 nitrogen and oxygen atoms in total. The predicted molar refractivity (Wildman–Crippen MR) is 64.3 cm³/mol. The van der Waals surface area contributed by atoms with Crippen LogP contribution in [0.25, 0.3) is 11.0 Å². The topological polar surface area (TPSA) is 53.1 Å². The number of hydrogen-bond donors (Lipinski definition) is 1. The van der Waals surface area contributed by atoms with Gasteiger partial charge in [-0.1, -0.05) is 6.07 Å². The van der Waals surface area contributed by atoms with Crippen LogP contribution < -0.4 is 5.73 Å². The summed E-state index contributed by atoms with van der Waals surface area (Å²) in [4.78, 5) is 4.26. The number of nitrogens with two attached hydrogens (primary N) is 1. The first-order valence-corrected chi connectivity index (χ1v) is 5.69. The summed E-state index contributed by atoms with van der Waals surface area (Å²) in [7, 11) is 1.74. The first-order chi connectivity index (χ1) is 8.90. The maximum absolute atomic E-state index is 12.0. The van der Waals surface area contributed by atoms with Crippen LogP contribution >= 0.6 is 0 Å². The van der Waals surface area contributed by atoms with Gasteiger partial charge in [-0.25, -0.2) is 4.98 Å². The number of alkyl halides is 3. The third kappa shape index (κ3) is 3.24. The number of rotatable bonds is 4. The molecule has 1 heterocycles. The zero-order valence-corrected chi connectivity index (χ0v) is 10.4. The average Bonchev–Trinajstić information content (AvgIpc) is 2.64. The van der Waals surface area contributed by atoms with Crippen LogP contribution in [0.15, 0.2) is 18.2 Å². The number of hydrogen-bond acceptors (Lipinski definition) is 3. The average molecular weight is 273 g/mol. The van der Waals surface area contributed by atoms with E-state index in [1.807, 2.05) is 18.2 Å². The Morgan fingerprint density at radius 3 is 2.74 bits per heavy atom. The highest BCUT2D eigenvalue weighted by molar-refractivity contribution is 5.76. The molecule has 0 saturated heterocycles. The molecule has 0 amide bonds. The Labute approximate surface area is 108 Å². The molecule has 0 aliphatic carbocycles. The van der Waals surface area contributed by atoms with Gasteiger partial charge in [0.2, 0.25) is 0 Å². The predicted octanol–water partition coefficient (Wildman–Crippen LogP) is 2.11. The summed E-state index contributed by atoms with van der Waals surface area (Å²) in [6, 6.07) is 5.53. The molecule has 1 aromatic heterocycles. The van der Waals surface area contributed by atoms with E-state index >= 15 is 0 Å². The van der Waals surface area contributed by atoms with Crippen LogP contribution in [-0.2, 0) is 24.9 Å². The summed E-state index contributed by atoms with van der Waals surface area (Å²) in [5.74, 6) is 0.452. The standard InChI is InChI=1S/C12H14F3N3O/c1-18-10-3-2-8(5-16)4-9(10)17-11(18)6-19-7-12(13,14)15/h2-4H,5-7,16H2,1H3. The van der Waals surface area contributed by atoms with E-state index in [2.05, 4.69) is 9.72 Å². The van der Waals surface area contributed by atoms with Crippen molar-refractivity contribution < 1.29 is 17.9 Å². The van der Waals surface area contributed by atoms with E-state index in [-0.39, 0.29) is 6.61 Å². The van der Waals surface area contributed by atoms with Crippen molar-refractivity contribution in [1.29, 1.82) is 0 Å². The smallest absolute Gasteiger partial charge is 0.364 e. The van der Waals surface area contributed by atoms with E-state index in [1.165, 1.54) is 0 Å². The van der Waals surface area contributed by atoms with Gasteiger partial charge in [-0.3, -0.25) is 0 Å². The van der Waals surface area contributed by atoms with Gasteiger partial charge in [0.05, 0.1) is 11.0 Å². The van der Waals surface area contributed by atoms with Crippen molar-refractivity contribution >= 4 is 11.0 Å². The third-order valence-corrected chi connectivity index (χ3v) is 2.77. The van der Waals surface area contributed by atoms with Crippen molar-refractivity contribution in [2.45, 2.75) is 19.3 Å². The van der Waals surface area contributed by atoms with Gasteiger partial charge in [0.15, 0.2) is 0 Å². The van der Waals surface area contributed by atoms with Crippen molar-refractivity contribution in [2.75, 3.05) is 6.61 Å². The van der Waals surface area contributed by atoms with Crippen LogP contribution in [0.5, 0.6) is 0 Å². The van der Waals surface area contributed by atoms with Crippen molar-refractivity contribution in [1.82, 2.24) is 9.55 Å². The summed E-state index contributed by atoms with van der Waals surface area (Å²) in [5, 5.41) is 0. The van der Waals surface area contributed by atoms with Gasteiger partial charge in [0.1, 0.15) is 19.0 Å². The molecule has 0 radical (unpaired) electrons. The van der Waals surface area contributed by atoms with E-state index in [0.717, 1.165) is 11.1 Å². The monoisotopic (exact) mass is 273 g/mol. The molecule has 7 heteroatoms. The minimum absolute atomic E-state index is 0.178. The quantitative estimate of drug-likeness (QED) is 0.928. The molecule has 0 spiro atoms. The van der Waals surface area contributed by atoms with Crippen molar-refractivity contribution in [3.63, 3.8) is 0 Å². The van der Waals surface area contributed by atoms with E-state index in [4.69, 9.17) is 5.73 Å². The number of fused-ring (bicyclic) bond motifs is 1. The van der Waals surface area contributed by atoms with Gasteiger partial charge >= 0.3 is 6.18 Å². The summed E-state index contributed by atoms with van der Waals surface area (Å²) < 4.78 is 42.3. The third-order valence-electron chi connectivity index (χ3n) is 2.77. The SMILES string of the molecule is Cn1c(COCC(F)(F)F)nc2cc(CN)ccc21. The van der Waals surface area contributed by atoms with Gasteiger partial charge in [-0.15, -0.1) is 0 Å². The molecule has 0 bridgehead atoms. The van der Waals surface area contributed by atoms with Crippen molar-refractivity contribution in [3.8, 4) is 0 Å². The fourth-order valence-electron chi connectivity index (χ4n) is 1.81. The first kappa shape index (κ1) is 13.8. The van der Waals surface area contributed by atoms with Gasteiger partial charge in [0.25, 0.3) is 0 Å². The number of benzene rings is 1. The maximum Gasteiger partial charge on any atom is 0.411 e. The van der Waals surface area contributed by atoms with Crippen LogP contribution in [-0.4, -0.2) is 22.3 Å². The second-order valence-corrected chi connectivity index (χ2v) is 4.22. The van der Waals surface area contributed by atoms with Crippen LogP contribution in [0.1, 0.15) is 11.4 Å². The van der Waals surface area contributed by atoms with Crippen LogP contribution in [0.3, 0.4) is 0 Å². The molecule has 0 fully saturated rings. The van der Waals surface area contributed by atoms with Crippen molar-refractivity contribution in [2.24, 2.45) is 12.8 Å². The van der Waals surface area contributed by atoms with Crippen LogP contribution in [0.4, 0.5) is 13.2 Å². The molecular weight excluding hydrogens is 259 g/mol. The largest absolute Gasteiger partial charge is 0.411 e. The second kappa shape index (κ2) is 5.18. The van der Waals surface area contributed by atoms with Gasteiger partial charge in [-0.05, 0) is 17.7 Å². The summed E-state index contributed by atoms with van der Waals surface area (Å²) in [6.45, 7) is -1.06. The first-order valence-electron chi connectivity index (χ1n) is 5.69. The Balaban J connectivity index is 2.17. The molecule has 2 aromatic rings. The lowest BCUT2D eigenvalue weighted by Gasteiger charge is -2.07. The lowest BCUT2D eigenvalue weighted by molar-refractivity contribution is -0.177. The molecule has 0 atom stereocenters. The van der Waals surface area contributed by atoms with Crippen LogP contribution in [0, 0.1) is 0 Å². The molecular formula is C12H14F3N3O. The molecule has 0 saturated carbocycles. The van der Waals surface area contributed by atoms with Crippen molar-refractivity contribution in [3.05, 3.63) is 29.6 Å². The van der Waals surface area contributed by atoms with E-state index in [0.29, 0.717) is 17.9 Å². The second-order valence-electron chi connectivity index (χ2n) is 4.22. The normalized spacial score (nSPS) is 12.3. The Hall–Kier alpha value is -1.60. The fraction of sp³-hybridized carbons (Fsp3) is 0.417. The fourth-order valence-corrected chi connectivity index (χ4v) is 1.81. The van der Waals surface area contributed by atoms with Crippen LogP contribution in [0.2, 0.25) is 0 Å². The molecule has 0 aliphatic rings. The number of aryl methyl sites for hydroxylation is 1. The highest BCUT2D eigenvalue weighted by Crippen LogP contribution is 2.19. The van der Waals surface area contributed by atoms with E-state index in [1.54, 1.807) is 11.6 Å². The van der Waals surface area contributed by atoms with Gasteiger partial charge in [-0.2, -0.15) is 13.2 Å². The Morgan fingerprint density at radius 1 is 1.37 bits per heavy atom. The minimum Gasteiger partial charge on any atom is -0.364 e. The Morgan fingerprint density at radius 2 is 2.11 bits per heavy atom. The highest BCUT2D eigenvalue weighted by Gasteiger charge is 2.27. The molecule has 19 heavy (non-hydrogen) atoms. The number of aromatic nitrogens is 2.